The van der Waals surface area contributed by atoms with Crippen LogP contribution in [-0.4, -0.2) is 28.2 Å². The minimum atomic E-state index is -3.52. The molecule has 0 fully saturated rings. The van der Waals surface area contributed by atoms with Gasteiger partial charge in [-0.25, -0.2) is 13.1 Å². The summed E-state index contributed by atoms with van der Waals surface area (Å²) in [4.78, 5) is 0.252. The van der Waals surface area contributed by atoms with Crippen molar-refractivity contribution in [1.82, 2.24) is 4.72 Å². The lowest BCUT2D eigenvalue weighted by Gasteiger charge is -2.16. The van der Waals surface area contributed by atoms with Gasteiger partial charge in [0.1, 0.15) is 0 Å². The Morgan fingerprint density at radius 1 is 1.44 bits per heavy atom. The topological polar surface area (TPSA) is 55.4 Å². The van der Waals surface area contributed by atoms with Crippen LogP contribution in [0.2, 0.25) is 0 Å². The fraction of sp³-hybridized carbons (Fsp3) is 0.500. The fourth-order valence-corrected chi connectivity index (χ4v) is 4.04. The zero-order valence-corrected chi connectivity index (χ0v) is 13.1. The molecule has 0 aliphatic rings. The Bertz CT molecular complexity index is 502. The summed E-state index contributed by atoms with van der Waals surface area (Å²) in [6, 6.07) is 4.94. The monoisotopic (exact) mass is 335 g/mol. The zero-order valence-electron chi connectivity index (χ0n) is 10.7. The molecule has 1 aromatic carbocycles. The van der Waals surface area contributed by atoms with Crippen molar-refractivity contribution in [2.24, 2.45) is 0 Å². The summed E-state index contributed by atoms with van der Waals surface area (Å²) in [6.07, 6.45) is 0.677. The van der Waals surface area contributed by atoms with E-state index < -0.39 is 10.0 Å². The molecule has 0 aliphatic heterocycles. The van der Waals surface area contributed by atoms with E-state index in [0.717, 1.165) is 5.56 Å². The second-order valence-electron chi connectivity index (χ2n) is 4.12. The first-order valence-corrected chi connectivity index (χ1v) is 7.95. The van der Waals surface area contributed by atoms with E-state index in [0.29, 0.717) is 17.5 Å². The molecule has 0 amide bonds. The van der Waals surface area contributed by atoms with Gasteiger partial charge in [-0.15, -0.1) is 0 Å². The molecule has 4 nitrogen and oxygen atoms in total. The molecule has 1 rings (SSSR count). The number of nitrogens with one attached hydrogen (secondary N) is 1. The number of benzene rings is 1. The lowest BCUT2D eigenvalue weighted by atomic mass is 10.2. The number of sulfonamides is 1. The normalized spacial score (nSPS) is 13.6. The Balaban J connectivity index is 2.99. The van der Waals surface area contributed by atoms with Crippen LogP contribution in [0.4, 0.5) is 0 Å². The van der Waals surface area contributed by atoms with Crippen LogP contribution in [0.15, 0.2) is 27.6 Å². The number of halogens is 1. The quantitative estimate of drug-likeness (QED) is 0.868. The van der Waals surface area contributed by atoms with Crippen molar-refractivity contribution in [3.05, 3.63) is 28.2 Å². The molecule has 0 aromatic heterocycles. The summed E-state index contributed by atoms with van der Waals surface area (Å²) < 4.78 is 32.6. The van der Waals surface area contributed by atoms with Crippen molar-refractivity contribution < 1.29 is 13.2 Å². The van der Waals surface area contributed by atoms with Crippen molar-refractivity contribution in [2.45, 2.75) is 31.2 Å². The maximum atomic E-state index is 12.2. The molecule has 0 spiro atoms. The summed E-state index contributed by atoms with van der Waals surface area (Å²) in [7, 11) is -1.96. The smallest absolute Gasteiger partial charge is 0.242 e. The summed E-state index contributed by atoms with van der Waals surface area (Å²) >= 11 is 3.28. The average molecular weight is 336 g/mol. The molecular formula is C12H18BrNO3S. The van der Waals surface area contributed by atoms with Crippen LogP contribution in [0.3, 0.4) is 0 Å². The Morgan fingerprint density at radius 2 is 2.11 bits per heavy atom. The summed E-state index contributed by atoms with van der Waals surface area (Å²) in [5.74, 6) is 0. The lowest BCUT2D eigenvalue weighted by molar-refractivity contribution is 0.173. The van der Waals surface area contributed by atoms with Gasteiger partial charge in [0.2, 0.25) is 10.0 Å². The second kappa shape index (κ2) is 6.65. The molecule has 0 saturated heterocycles. The third-order valence-corrected chi connectivity index (χ3v) is 5.06. The van der Waals surface area contributed by atoms with Crippen LogP contribution in [0.5, 0.6) is 0 Å². The van der Waals surface area contributed by atoms with Crippen LogP contribution in [0.1, 0.15) is 18.9 Å². The fourth-order valence-electron chi connectivity index (χ4n) is 1.54. The Morgan fingerprint density at radius 3 is 2.61 bits per heavy atom. The van der Waals surface area contributed by atoms with Crippen LogP contribution >= 0.6 is 15.9 Å². The minimum Gasteiger partial charge on any atom is -0.383 e. The average Bonchev–Trinajstić information content (AvgIpc) is 2.27. The number of methoxy groups -OCH3 is 1. The van der Waals surface area contributed by atoms with E-state index in [1.807, 2.05) is 13.8 Å². The maximum absolute atomic E-state index is 12.2. The molecule has 1 N–H and O–H groups in total. The number of ether oxygens (including phenoxy) is 1. The van der Waals surface area contributed by atoms with E-state index in [4.69, 9.17) is 4.74 Å². The van der Waals surface area contributed by atoms with Gasteiger partial charge in [-0.2, -0.15) is 0 Å². The molecule has 0 saturated carbocycles. The van der Waals surface area contributed by atoms with Gasteiger partial charge in [0, 0.05) is 17.6 Å². The molecule has 1 aromatic rings. The highest BCUT2D eigenvalue weighted by molar-refractivity contribution is 9.10. The predicted octanol–water partition coefficient (Wildman–Crippen LogP) is 2.46. The molecule has 0 heterocycles. The largest absolute Gasteiger partial charge is 0.383 e. The number of hydrogen-bond donors (Lipinski definition) is 1. The number of hydrogen-bond acceptors (Lipinski definition) is 3. The van der Waals surface area contributed by atoms with Gasteiger partial charge in [0.05, 0.1) is 11.5 Å². The Labute approximate surface area is 117 Å². The van der Waals surface area contributed by atoms with Crippen LogP contribution in [0.25, 0.3) is 0 Å². The third-order valence-electron chi connectivity index (χ3n) is 2.56. The van der Waals surface area contributed by atoms with Crippen LogP contribution in [-0.2, 0) is 14.8 Å². The highest BCUT2D eigenvalue weighted by Gasteiger charge is 2.21. The van der Waals surface area contributed by atoms with E-state index >= 15 is 0 Å². The van der Waals surface area contributed by atoms with E-state index in [1.165, 1.54) is 0 Å². The van der Waals surface area contributed by atoms with Gasteiger partial charge in [0.15, 0.2) is 0 Å². The van der Waals surface area contributed by atoms with Crippen LogP contribution < -0.4 is 4.72 Å². The van der Waals surface area contributed by atoms with Crippen molar-refractivity contribution in [1.29, 1.82) is 0 Å². The SMILES string of the molecule is CCC(COC)NS(=O)(=O)c1ccc(C)cc1Br. The first-order chi connectivity index (χ1) is 8.40. The molecule has 18 heavy (non-hydrogen) atoms. The number of aryl methyl sites for hydroxylation is 1. The molecule has 6 heteroatoms. The van der Waals surface area contributed by atoms with E-state index in [2.05, 4.69) is 20.7 Å². The van der Waals surface area contributed by atoms with Gasteiger partial charge in [-0.1, -0.05) is 13.0 Å². The Hall–Kier alpha value is -0.430. The molecular weight excluding hydrogens is 318 g/mol. The highest BCUT2D eigenvalue weighted by atomic mass is 79.9. The molecule has 1 unspecified atom stereocenters. The van der Waals surface area contributed by atoms with E-state index in [9.17, 15) is 8.42 Å². The van der Waals surface area contributed by atoms with Gasteiger partial charge in [-0.3, -0.25) is 0 Å². The van der Waals surface area contributed by atoms with Crippen LogP contribution in [0, 0.1) is 6.92 Å². The maximum Gasteiger partial charge on any atom is 0.242 e. The van der Waals surface area contributed by atoms with Gasteiger partial charge in [-0.05, 0) is 47.0 Å². The van der Waals surface area contributed by atoms with E-state index in [-0.39, 0.29) is 10.9 Å². The Kier molecular flexibility index (Phi) is 5.78. The zero-order chi connectivity index (χ0) is 13.8. The summed E-state index contributed by atoms with van der Waals surface area (Å²) in [5.41, 5.74) is 1.00. The van der Waals surface area contributed by atoms with Gasteiger partial charge < -0.3 is 4.74 Å². The first kappa shape index (κ1) is 15.6. The molecule has 1 atom stereocenters. The van der Waals surface area contributed by atoms with Crippen molar-refractivity contribution in [2.75, 3.05) is 13.7 Å². The third kappa shape index (κ3) is 4.05. The summed E-state index contributed by atoms with van der Waals surface area (Å²) in [6.45, 7) is 4.18. The van der Waals surface area contributed by atoms with Gasteiger partial charge >= 0.3 is 0 Å². The van der Waals surface area contributed by atoms with Crippen molar-refractivity contribution in [3.8, 4) is 0 Å². The number of rotatable bonds is 6. The lowest BCUT2D eigenvalue weighted by Crippen LogP contribution is -2.37. The standard InChI is InChI=1S/C12H18BrNO3S/c1-4-10(8-17-3)14-18(15,16)12-6-5-9(2)7-11(12)13/h5-7,10,14H,4,8H2,1-3H3. The molecule has 0 radical (unpaired) electrons. The predicted molar refractivity (Wildman–Crippen MR) is 75.2 cm³/mol. The summed E-state index contributed by atoms with van der Waals surface area (Å²) in [5, 5.41) is 0. The van der Waals surface area contributed by atoms with Crippen molar-refractivity contribution in [3.63, 3.8) is 0 Å². The van der Waals surface area contributed by atoms with Crippen molar-refractivity contribution >= 4 is 26.0 Å². The molecule has 102 valence electrons. The van der Waals surface area contributed by atoms with E-state index in [1.54, 1.807) is 25.3 Å². The molecule has 0 bridgehead atoms. The molecule has 0 aliphatic carbocycles. The minimum absolute atomic E-state index is 0.215. The second-order valence-corrected chi connectivity index (χ2v) is 6.65. The van der Waals surface area contributed by atoms with Gasteiger partial charge in [0.25, 0.3) is 0 Å². The first-order valence-electron chi connectivity index (χ1n) is 5.68. The highest BCUT2D eigenvalue weighted by Crippen LogP contribution is 2.23.